The van der Waals surface area contributed by atoms with Crippen LogP contribution in [0.5, 0.6) is 5.75 Å². The summed E-state index contributed by atoms with van der Waals surface area (Å²) in [5.41, 5.74) is 1.29. The van der Waals surface area contributed by atoms with Crippen LogP contribution in [0.25, 0.3) is 0 Å². The average molecular weight is 285 g/mol. The third kappa shape index (κ3) is 2.64. The SMILES string of the molecule is CCC(=O)c1ccc(O)c(C(C)(C)CBr)c1. The minimum absolute atomic E-state index is 0.103. The van der Waals surface area contributed by atoms with Gasteiger partial charge in [0.15, 0.2) is 5.78 Å². The normalized spacial score (nSPS) is 11.5. The number of ketones is 1. The first-order valence-electron chi connectivity index (χ1n) is 5.35. The van der Waals surface area contributed by atoms with E-state index in [-0.39, 0.29) is 16.9 Å². The zero-order chi connectivity index (χ0) is 12.3. The monoisotopic (exact) mass is 284 g/mol. The van der Waals surface area contributed by atoms with Crippen molar-refractivity contribution >= 4 is 21.7 Å². The number of alkyl halides is 1. The molecule has 0 aliphatic rings. The number of benzene rings is 1. The second-order valence-corrected chi connectivity index (χ2v) is 5.09. The van der Waals surface area contributed by atoms with Crippen molar-refractivity contribution in [3.05, 3.63) is 29.3 Å². The smallest absolute Gasteiger partial charge is 0.162 e. The largest absolute Gasteiger partial charge is 0.508 e. The van der Waals surface area contributed by atoms with Crippen LogP contribution in [0.3, 0.4) is 0 Å². The maximum absolute atomic E-state index is 11.6. The summed E-state index contributed by atoms with van der Waals surface area (Å²) in [6, 6.07) is 5.07. The van der Waals surface area contributed by atoms with Crippen molar-refractivity contribution in [2.24, 2.45) is 0 Å². The Balaban J connectivity index is 3.24. The molecule has 0 aliphatic carbocycles. The van der Waals surface area contributed by atoms with E-state index in [1.165, 1.54) is 0 Å². The third-order valence-corrected chi connectivity index (χ3v) is 4.10. The average Bonchev–Trinajstić information content (AvgIpc) is 2.28. The van der Waals surface area contributed by atoms with Gasteiger partial charge >= 0.3 is 0 Å². The van der Waals surface area contributed by atoms with Crippen LogP contribution in [-0.2, 0) is 5.41 Å². The Kier molecular flexibility index (Phi) is 4.14. The molecule has 1 rings (SSSR count). The number of Topliss-reactive ketones (excluding diaryl/α,β-unsaturated/α-hetero) is 1. The van der Waals surface area contributed by atoms with Crippen molar-refractivity contribution in [1.29, 1.82) is 0 Å². The van der Waals surface area contributed by atoms with E-state index in [0.29, 0.717) is 12.0 Å². The molecule has 0 amide bonds. The third-order valence-electron chi connectivity index (χ3n) is 2.70. The Morgan fingerprint density at radius 2 is 2.06 bits per heavy atom. The van der Waals surface area contributed by atoms with Crippen molar-refractivity contribution in [3.8, 4) is 5.75 Å². The first-order valence-corrected chi connectivity index (χ1v) is 6.47. The molecule has 1 aromatic rings. The minimum Gasteiger partial charge on any atom is -0.508 e. The molecule has 0 fully saturated rings. The van der Waals surface area contributed by atoms with Gasteiger partial charge in [-0.2, -0.15) is 0 Å². The molecule has 0 saturated heterocycles. The highest BCUT2D eigenvalue weighted by molar-refractivity contribution is 9.09. The number of rotatable bonds is 4. The summed E-state index contributed by atoms with van der Waals surface area (Å²) >= 11 is 3.42. The Morgan fingerprint density at radius 1 is 1.44 bits per heavy atom. The highest BCUT2D eigenvalue weighted by Crippen LogP contribution is 2.33. The minimum atomic E-state index is -0.186. The van der Waals surface area contributed by atoms with Crippen LogP contribution in [-0.4, -0.2) is 16.2 Å². The standard InChI is InChI=1S/C13H17BrO2/c1-4-11(15)9-5-6-12(16)10(7-9)13(2,3)8-14/h5-7,16H,4,8H2,1-3H3. The zero-order valence-corrected chi connectivity index (χ0v) is 11.5. The van der Waals surface area contributed by atoms with Crippen LogP contribution in [0.1, 0.15) is 43.1 Å². The Bertz CT molecular complexity index is 397. The van der Waals surface area contributed by atoms with Crippen LogP contribution < -0.4 is 0 Å². The predicted octanol–water partition coefficient (Wildman–Crippen LogP) is 3.66. The highest BCUT2D eigenvalue weighted by Gasteiger charge is 2.23. The molecule has 1 N–H and O–H groups in total. The van der Waals surface area contributed by atoms with Gasteiger partial charge in [-0.1, -0.05) is 36.7 Å². The molecule has 0 unspecified atom stereocenters. The fourth-order valence-electron chi connectivity index (χ4n) is 1.53. The number of aromatic hydroxyl groups is 1. The van der Waals surface area contributed by atoms with Crippen LogP contribution in [0.15, 0.2) is 18.2 Å². The molecule has 0 spiro atoms. The fourth-order valence-corrected chi connectivity index (χ4v) is 1.83. The van der Waals surface area contributed by atoms with Gasteiger partial charge in [-0.05, 0) is 18.2 Å². The predicted molar refractivity (Wildman–Crippen MR) is 69.5 cm³/mol. The molecular formula is C13H17BrO2. The van der Waals surface area contributed by atoms with Gasteiger partial charge in [-0.25, -0.2) is 0 Å². The molecule has 0 aromatic heterocycles. The van der Waals surface area contributed by atoms with E-state index in [0.717, 1.165) is 10.9 Å². The number of carbonyl (C=O) groups is 1. The Hall–Kier alpha value is -0.830. The quantitative estimate of drug-likeness (QED) is 0.677. The van der Waals surface area contributed by atoms with E-state index in [1.807, 2.05) is 20.8 Å². The molecule has 0 atom stereocenters. The first kappa shape index (κ1) is 13.2. The molecule has 0 heterocycles. The van der Waals surface area contributed by atoms with E-state index >= 15 is 0 Å². The van der Waals surface area contributed by atoms with Gasteiger partial charge in [0.1, 0.15) is 5.75 Å². The van der Waals surface area contributed by atoms with E-state index in [9.17, 15) is 9.90 Å². The zero-order valence-electron chi connectivity index (χ0n) is 9.88. The van der Waals surface area contributed by atoms with Crippen LogP contribution in [0, 0.1) is 0 Å². The molecule has 16 heavy (non-hydrogen) atoms. The summed E-state index contributed by atoms with van der Waals surface area (Å²) in [6.45, 7) is 5.89. The Labute approximate surface area is 105 Å². The van der Waals surface area contributed by atoms with Crippen molar-refractivity contribution in [1.82, 2.24) is 0 Å². The van der Waals surface area contributed by atoms with Crippen LogP contribution in [0.2, 0.25) is 0 Å². The van der Waals surface area contributed by atoms with E-state index in [1.54, 1.807) is 18.2 Å². The topological polar surface area (TPSA) is 37.3 Å². The fraction of sp³-hybridized carbons (Fsp3) is 0.462. The second kappa shape index (κ2) is 5.00. The number of hydrogen-bond donors (Lipinski definition) is 1. The van der Waals surface area contributed by atoms with Gasteiger partial charge < -0.3 is 5.11 Å². The number of halogens is 1. The molecule has 3 heteroatoms. The summed E-state index contributed by atoms with van der Waals surface area (Å²) in [7, 11) is 0. The van der Waals surface area contributed by atoms with Crippen molar-refractivity contribution in [2.75, 3.05) is 5.33 Å². The second-order valence-electron chi connectivity index (χ2n) is 4.53. The molecular weight excluding hydrogens is 268 g/mol. The lowest BCUT2D eigenvalue weighted by Crippen LogP contribution is -2.19. The summed E-state index contributed by atoms with van der Waals surface area (Å²) in [6.07, 6.45) is 0.485. The van der Waals surface area contributed by atoms with Gasteiger partial charge in [0.2, 0.25) is 0 Å². The van der Waals surface area contributed by atoms with E-state index in [2.05, 4.69) is 15.9 Å². The summed E-state index contributed by atoms with van der Waals surface area (Å²) in [4.78, 5) is 11.6. The van der Waals surface area contributed by atoms with Gasteiger partial charge in [-0.3, -0.25) is 4.79 Å². The number of hydrogen-bond acceptors (Lipinski definition) is 2. The number of phenolic OH excluding ortho intramolecular Hbond substituents is 1. The summed E-state index contributed by atoms with van der Waals surface area (Å²) in [5.74, 6) is 0.351. The first-order chi connectivity index (χ1) is 7.42. The molecule has 0 saturated carbocycles. The van der Waals surface area contributed by atoms with Gasteiger partial charge in [0.25, 0.3) is 0 Å². The highest BCUT2D eigenvalue weighted by atomic mass is 79.9. The van der Waals surface area contributed by atoms with Gasteiger partial charge in [0.05, 0.1) is 0 Å². The van der Waals surface area contributed by atoms with Crippen LogP contribution >= 0.6 is 15.9 Å². The molecule has 0 aliphatic heterocycles. The molecule has 1 aromatic carbocycles. The van der Waals surface area contributed by atoms with Gasteiger partial charge in [-0.15, -0.1) is 0 Å². The number of carbonyl (C=O) groups excluding carboxylic acids is 1. The number of phenols is 1. The van der Waals surface area contributed by atoms with Crippen molar-refractivity contribution in [2.45, 2.75) is 32.6 Å². The molecule has 88 valence electrons. The van der Waals surface area contributed by atoms with E-state index < -0.39 is 0 Å². The molecule has 0 radical (unpaired) electrons. The lowest BCUT2D eigenvalue weighted by molar-refractivity contribution is 0.0988. The lowest BCUT2D eigenvalue weighted by atomic mass is 9.85. The maximum atomic E-state index is 11.6. The lowest BCUT2D eigenvalue weighted by Gasteiger charge is -2.23. The van der Waals surface area contributed by atoms with E-state index in [4.69, 9.17) is 0 Å². The summed E-state index contributed by atoms with van der Waals surface area (Å²) in [5, 5.41) is 10.6. The Morgan fingerprint density at radius 3 is 2.56 bits per heavy atom. The molecule has 0 bridgehead atoms. The summed E-state index contributed by atoms with van der Waals surface area (Å²) < 4.78 is 0. The van der Waals surface area contributed by atoms with Gasteiger partial charge in [0, 0.05) is 28.3 Å². The van der Waals surface area contributed by atoms with Crippen molar-refractivity contribution in [3.63, 3.8) is 0 Å². The van der Waals surface area contributed by atoms with Crippen LogP contribution in [0.4, 0.5) is 0 Å². The van der Waals surface area contributed by atoms with Crippen molar-refractivity contribution < 1.29 is 9.90 Å². The maximum Gasteiger partial charge on any atom is 0.162 e. The molecule has 2 nitrogen and oxygen atoms in total.